The molecule has 1 aromatic heterocycles. The fourth-order valence-corrected chi connectivity index (χ4v) is 4.68. The van der Waals surface area contributed by atoms with Gasteiger partial charge in [-0.15, -0.1) is 0 Å². The van der Waals surface area contributed by atoms with Crippen LogP contribution in [0.5, 0.6) is 0 Å². The lowest BCUT2D eigenvalue weighted by Crippen LogP contribution is -2.52. The molecule has 4 amide bonds. The van der Waals surface area contributed by atoms with E-state index >= 15 is 4.39 Å². The minimum absolute atomic E-state index is 0.0354. The third-order valence-electron chi connectivity index (χ3n) is 6.53. The standard InChI is InChI=1S/C23H22F3N5O5/c24-19-12(1-2-13-9-30(21(34)18(13)19)16-3-4-17(32)28-20(16)33)8-27-22(35)36-10-14-7-15-5-6-23(25,26)11-31(15)29-14/h1-2,7,16H,3-6,8-11H2,(H,27,35)(H,28,32,33). The Balaban J connectivity index is 1.18. The largest absolute Gasteiger partial charge is 0.443 e. The summed E-state index contributed by atoms with van der Waals surface area (Å²) < 4.78 is 48.5. The maximum atomic E-state index is 15.2. The minimum Gasteiger partial charge on any atom is -0.443 e. The van der Waals surface area contributed by atoms with Gasteiger partial charge in [0.2, 0.25) is 11.8 Å². The monoisotopic (exact) mass is 505 g/mol. The SMILES string of the molecule is O=C1CCC(N2Cc3ccc(CNC(=O)OCc4cc5n(n4)CC(F)(F)CC5)c(F)c3C2=O)C(=O)N1. The third kappa shape index (κ3) is 4.52. The van der Waals surface area contributed by atoms with Gasteiger partial charge in [-0.05, 0) is 24.5 Å². The summed E-state index contributed by atoms with van der Waals surface area (Å²) in [6, 6.07) is 3.72. The second kappa shape index (κ2) is 8.95. The van der Waals surface area contributed by atoms with Crippen LogP contribution < -0.4 is 10.6 Å². The summed E-state index contributed by atoms with van der Waals surface area (Å²) >= 11 is 0. The lowest BCUT2D eigenvalue weighted by molar-refractivity contribution is -0.136. The van der Waals surface area contributed by atoms with Gasteiger partial charge in [0.05, 0.1) is 5.56 Å². The van der Waals surface area contributed by atoms with Crippen molar-refractivity contribution in [2.75, 3.05) is 0 Å². The number of benzene rings is 1. The van der Waals surface area contributed by atoms with Crippen molar-refractivity contribution < 1.29 is 37.1 Å². The number of amides is 4. The number of piperidine rings is 1. The molecule has 13 heteroatoms. The van der Waals surface area contributed by atoms with Crippen LogP contribution in [0.25, 0.3) is 0 Å². The number of aryl methyl sites for hydroxylation is 1. The molecule has 1 aromatic carbocycles. The van der Waals surface area contributed by atoms with Crippen LogP contribution in [0.3, 0.4) is 0 Å². The second-order valence-electron chi connectivity index (χ2n) is 9.04. The van der Waals surface area contributed by atoms with E-state index in [1.807, 2.05) is 0 Å². The number of hydrogen-bond acceptors (Lipinski definition) is 6. The molecule has 1 saturated heterocycles. The smallest absolute Gasteiger partial charge is 0.407 e. The van der Waals surface area contributed by atoms with E-state index < -0.39 is 48.1 Å². The van der Waals surface area contributed by atoms with E-state index in [-0.39, 0.29) is 56.5 Å². The number of rotatable bonds is 5. The van der Waals surface area contributed by atoms with Crippen LogP contribution in [0.2, 0.25) is 0 Å². The number of ether oxygens (including phenoxy) is 1. The molecular weight excluding hydrogens is 483 g/mol. The van der Waals surface area contributed by atoms with E-state index in [1.54, 1.807) is 12.1 Å². The number of imide groups is 1. The maximum absolute atomic E-state index is 15.2. The average molecular weight is 505 g/mol. The number of carbonyl (C=O) groups is 4. The molecule has 3 aliphatic heterocycles. The van der Waals surface area contributed by atoms with E-state index in [1.165, 1.54) is 15.6 Å². The Hall–Kier alpha value is -3.90. The molecule has 1 fully saturated rings. The first-order valence-electron chi connectivity index (χ1n) is 11.4. The van der Waals surface area contributed by atoms with Gasteiger partial charge in [-0.3, -0.25) is 24.4 Å². The summed E-state index contributed by atoms with van der Waals surface area (Å²) in [6.07, 6.45) is -0.718. The molecule has 2 N–H and O–H groups in total. The third-order valence-corrected chi connectivity index (χ3v) is 6.53. The Morgan fingerprint density at radius 2 is 2.06 bits per heavy atom. The van der Waals surface area contributed by atoms with E-state index in [0.29, 0.717) is 17.0 Å². The Labute approximate surface area is 202 Å². The van der Waals surface area contributed by atoms with Crippen molar-refractivity contribution in [3.8, 4) is 0 Å². The molecule has 0 aliphatic carbocycles. The van der Waals surface area contributed by atoms with Crippen LogP contribution in [0.4, 0.5) is 18.0 Å². The predicted octanol–water partition coefficient (Wildman–Crippen LogP) is 1.79. The molecule has 10 nitrogen and oxygen atoms in total. The minimum atomic E-state index is -2.82. The van der Waals surface area contributed by atoms with Crippen LogP contribution in [0.15, 0.2) is 18.2 Å². The summed E-state index contributed by atoms with van der Waals surface area (Å²) in [7, 11) is 0. The highest BCUT2D eigenvalue weighted by Crippen LogP contribution is 2.31. The molecule has 1 atom stereocenters. The summed E-state index contributed by atoms with van der Waals surface area (Å²) in [5.74, 6) is -5.30. The van der Waals surface area contributed by atoms with Crippen molar-refractivity contribution >= 4 is 23.8 Å². The highest BCUT2D eigenvalue weighted by Gasteiger charge is 2.41. The Bertz CT molecular complexity index is 1280. The molecule has 0 spiro atoms. The van der Waals surface area contributed by atoms with Gasteiger partial charge in [-0.2, -0.15) is 5.10 Å². The zero-order chi connectivity index (χ0) is 25.6. The normalized spacial score (nSPS) is 20.6. The van der Waals surface area contributed by atoms with Crippen molar-refractivity contribution in [3.63, 3.8) is 0 Å². The quantitative estimate of drug-likeness (QED) is 0.598. The van der Waals surface area contributed by atoms with Gasteiger partial charge in [0.25, 0.3) is 11.8 Å². The number of nitrogens with one attached hydrogen (secondary N) is 2. The first-order chi connectivity index (χ1) is 17.1. The van der Waals surface area contributed by atoms with Crippen LogP contribution in [0.1, 0.15) is 52.1 Å². The number of halogens is 3. The van der Waals surface area contributed by atoms with E-state index in [9.17, 15) is 28.0 Å². The van der Waals surface area contributed by atoms with Crippen LogP contribution in [-0.2, 0) is 47.0 Å². The van der Waals surface area contributed by atoms with E-state index in [2.05, 4.69) is 15.7 Å². The topological polar surface area (TPSA) is 123 Å². The average Bonchev–Trinajstić information content (AvgIpc) is 3.37. The van der Waals surface area contributed by atoms with E-state index in [4.69, 9.17) is 4.74 Å². The van der Waals surface area contributed by atoms with E-state index in [0.717, 1.165) is 0 Å². The molecule has 190 valence electrons. The van der Waals surface area contributed by atoms with Crippen LogP contribution in [-0.4, -0.2) is 50.5 Å². The molecular formula is C23H22F3N5O5. The zero-order valence-corrected chi connectivity index (χ0v) is 19.0. The molecule has 2 aromatic rings. The number of fused-ring (bicyclic) bond motifs is 2. The molecule has 1 unspecified atom stereocenters. The van der Waals surface area contributed by atoms with Gasteiger partial charge in [0.15, 0.2) is 0 Å². The van der Waals surface area contributed by atoms with Gasteiger partial charge in [0, 0.05) is 37.2 Å². The van der Waals surface area contributed by atoms with Crippen molar-refractivity contribution in [1.29, 1.82) is 0 Å². The number of carbonyl (C=O) groups excluding carboxylic acids is 4. The number of hydrogen-bond donors (Lipinski definition) is 2. The van der Waals surface area contributed by atoms with Crippen molar-refractivity contribution in [3.05, 3.63) is 52.1 Å². The van der Waals surface area contributed by atoms with Crippen LogP contribution >= 0.6 is 0 Å². The molecule has 0 saturated carbocycles. The summed E-state index contributed by atoms with van der Waals surface area (Å²) in [4.78, 5) is 49.7. The van der Waals surface area contributed by atoms with Crippen LogP contribution in [0, 0.1) is 5.82 Å². The summed E-state index contributed by atoms with van der Waals surface area (Å²) in [5.41, 5.74) is 1.23. The van der Waals surface area contributed by atoms with Crippen molar-refractivity contribution in [2.45, 2.75) is 63.9 Å². The van der Waals surface area contributed by atoms with Gasteiger partial charge < -0.3 is 15.0 Å². The Kier molecular flexibility index (Phi) is 5.92. The Morgan fingerprint density at radius 3 is 2.83 bits per heavy atom. The van der Waals surface area contributed by atoms with Gasteiger partial charge in [0.1, 0.15) is 30.7 Å². The molecule has 0 bridgehead atoms. The zero-order valence-electron chi connectivity index (χ0n) is 19.0. The molecule has 5 rings (SSSR count). The number of aromatic nitrogens is 2. The first-order valence-corrected chi connectivity index (χ1v) is 11.4. The first kappa shape index (κ1) is 23.8. The fraction of sp³-hybridized carbons (Fsp3) is 0.435. The summed E-state index contributed by atoms with van der Waals surface area (Å²) in [6.45, 7) is -1.00. The highest BCUT2D eigenvalue weighted by molar-refractivity contribution is 6.05. The van der Waals surface area contributed by atoms with Crippen molar-refractivity contribution in [1.82, 2.24) is 25.3 Å². The highest BCUT2D eigenvalue weighted by atomic mass is 19.3. The number of alkyl halides is 2. The van der Waals surface area contributed by atoms with Crippen molar-refractivity contribution in [2.24, 2.45) is 0 Å². The summed E-state index contributed by atoms with van der Waals surface area (Å²) in [5, 5.41) is 8.62. The lowest BCUT2D eigenvalue weighted by atomic mass is 10.0. The van der Waals surface area contributed by atoms with Gasteiger partial charge >= 0.3 is 6.09 Å². The molecule has 0 radical (unpaired) electrons. The predicted molar refractivity (Wildman–Crippen MR) is 115 cm³/mol. The van der Waals surface area contributed by atoms with Gasteiger partial charge in [-0.1, -0.05) is 12.1 Å². The lowest BCUT2D eigenvalue weighted by Gasteiger charge is -2.29. The van der Waals surface area contributed by atoms with Gasteiger partial charge in [-0.25, -0.2) is 18.0 Å². The number of alkyl carbamates (subject to hydrolysis) is 1. The molecule has 3 aliphatic rings. The maximum Gasteiger partial charge on any atom is 0.407 e. The number of nitrogens with zero attached hydrogens (tertiary/aromatic N) is 3. The fourth-order valence-electron chi connectivity index (χ4n) is 4.68. The Morgan fingerprint density at radius 1 is 1.25 bits per heavy atom. The molecule has 4 heterocycles. The second-order valence-corrected chi connectivity index (χ2v) is 9.04. The molecule has 36 heavy (non-hydrogen) atoms.